The Morgan fingerprint density at radius 2 is 1.68 bits per heavy atom. The molecule has 1 nitrogen and oxygen atoms in total. The summed E-state index contributed by atoms with van der Waals surface area (Å²) in [6.45, 7) is 2.12. The van der Waals surface area contributed by atoms with Crippen molar-refractivity contribution in [2.24, 2.45) is 0 Å². The molecule has 3 rings (SSSR count). The van der Waals surface area contributed by atoms with Gasteiger partial charge in [0.25, 0.3) is 0 Å². The Balaban J connectivity index is 1.78. The minimum absolute atomic E-state index is 0.188. The fourth-order valence-electron chi connectivity index (χ4n) is 3.16. The van der Waals surface area contributed by atoms with Crippen molar-refractivity contribution in [1.82, 2.24) is 0 Å². The van der Waals surface area contributed by atoms with E-state index in [-0.39, 0.29) is 21.8 Å². The van der Waals surface area contributed by atoms with Crippen molar-refractivity contribution in [1.29, 1.82) is 5.26 Å². The van der Waals surface area contributed by atoms with Gasteiger partial charge in [-0.2, -0.15) is 5.26 Å². The van der Waals surface area contributed by atoms with Crippen LogP contribution in [0.1, 0.15) is 42.9 Å². The molecule has 0 N–H and O–H groups in total. The van der Waals surface area contributed by atoms with E-state index in [2.05, 4.69) is 18.8 Å². The van der Waals surface area contributed by atoms with E-state index >= 15 is 0 Å². The lowest BCUT2D eigenvalue weighted by Crippen LogP contribution is -1.91. The van der Waals surface area contributed by atoms with Crippen LogP contribution in [0.2, 0.25) is 0 Å². The molecule has 0 unspecified atom stereocenters. The molecule has 156 valence electrons. The van der Waals surface area contributed by atoms with Crippen molar-refractivity contribution in [3.8, 4) is 28.4 Å². The summed E-state index contributed by atoms with van der Waals surface area (Å²) in [5.41, 5.74) is 2.18. The fraction of sp³-hybridized carbons (Fsp3) is 0.192. The number of thiocyanates is 1. The monoisotopic (exact) mass is 435 g/mol. The van der Waals surface area contributed by atoms with Gasteiger partial charge < -0.3 is 0 Å². The van der Waals surface area contributed by atoms with Gasteiger partial charge in [0.15, 0.2) is 0 Å². The minimum atomic E-state index is -0.582. The second-order valence-corrected chi connectivity index (χ2v) is 7.88. The van der Waals surface area contributed by atoms with Gasteiger partial charge in [-0.25, -0.2) is 13.2 Å². The largest absolute Gasteiger partial charge is 0.206 e. The third kappa shape index (κ3) is 5.94. The Morgan fingerprint density at radius 3 is 2.35 bits per heavy atom. The molecule has 0 aromatic heterocycles. The van der Waals surface area contributed by atoms with Crippen molar-refractivity contribution in [2.45, 2.75) is 37.5 Å². The Morgan fingerprint density at radius 1 is 0.839 bits per heavy atom. The summed E-state index contributed by atoms with van der Waals surface area (Å²) in [6.07, 6.45) is 4.08. The zero-order valence-corrected chi connectivity index (χ0v) is 17.8. The maximum Gasteiger partial charge on any atom is 0.139 e. The Labute approximate surface area is 184 Å². The average molecular weight is 436 g/mol. The van der Waals surface area contributed by atoms with Gasteiger partial charge >= 0.3 is 0 Å². The topological polar surface area (TPSA) is 23.8 Å². The number of nitrogens with zero attached hydrogens (tertiary/aromatic N) is 1. The van der Waals surface area contributed by atoms with Crippen LogP contribution in [-0.4, -0.2) is 0 Å². The van der Waals surface area contributed by atoms with Gasteiger partial charge in [-0.1, -0.05) is 49.8 Å². The van der Waals surface area contributed by atoms with E-state index in [4.69, 9.17) is 5.26 Å². The first kappa shape index (κ1) is 22.5. The van der Waals surface area contributed by atoms with Crippen molar-refractivity contribution < 1.29 is 13.2 Å². The van der Waals surface area contributed by atoms with E-state index in [1.54, 1.807) is 18.2 Å². The first-order chi connectivity index (χ1) is 15.0. The van der Waals surface area contributed by atoms with Gasteiger partial charge in [0.05, 0.1) is 10.5 Å². The summed E-state index contributed by atoms with van der Waals surface area (Å²) in [5.74, 6) is 4.02. The predicted molar refractivity (Wildman–Crippen MR) is 119 cm³/mol. The summed E-state index contributed by atoms with van der Waals surface area (Å²) in [5, 5.41) is 10.5. The van der Waals surface area contributed by atoms with E-state index in [9.17, 15) is 13.2 Å². The van der Waals surface area contributed by atoms with Crippen molar-refractivity contribution in [2.75, 3.05) is 0 Å². The molecular formula is C26H20F3NS. The molecule has 0 bridgehead atoms. The molecule has 0 saturated heterocycles. The SMILES string of the molecule is CCCCCc1ccc(C#Cc2ccc(-c3ccc(SC#N)c(F)c3)c(F)c2)c(F)c1. The molecule has 0 aliphatic heterocycles. The van der Waals surface area contributed by atoms with Crippen LogP contribution in [-0.2, 0) is 6.42 Å². The predicted octanol–water partition coefficient (Wildman–Crippen LogP) is 7.48. The highest BCUT2D eigenvalue weighted by atomic mass is 32.2. The lowest BCUT2D eigenvalue weighted by molar-refractivity contribution is 0.602. The van der Waals surface area contributed by atoms with E-state index in [0.717, 1.165) is 31.2 Å². The molecule has 0 aliphatic carbocycles. The number of unbranched alkanes of at least 4 members (excludes halogenated alkanes) is 2. The van der Waals surface area contributed by atoms with Gasteiger partial charge in [-0.3, -0.25) is 0 Å². The second-order valence-electron chi connectivity index (χ2n) is 7.05. The fourth-order valence-corrected chi connectivity index (χ4v) is 3.55. The zero-order chi connectivity index (χ0) is 22.2. The Bertz CT molecular complexity index is 1190. The summed E-state index contributed by atoms with van der Waals surface area (Å²) in [7, 11) is 0. The molecular weight excluding hydrogens is 415 g/mol. The third-order valence-corrected chi connectivity index (χ3v) is 5.45. The third-order valence-electron chi connectivity index (χ3n) is 4.81. The van der Waals surface area contributed by atoms with Crippen LogP contribution < -0.4 is 0 Å². The van der Waals surface area contributed by atoms with Crippen LogP contribution in [0.15, 0.2) is 59.5 Å². The van der Waals surface area contributed by atoms with Crippen LogP contribution in [0.5, 0.6) is 0 Å². The maximum atomic E-state index is 14.6. The van der Waals surface area contributed by atoms with E-state index in [1.807, 2.05) is 11.5 Å². The number of thioether (sulfide) groups is 1. The number of rotatable bonds is 6. The number of nitriles is 1. The molecule has 0 heterocycles. The quantitative estimate of drug-likeness (QED) is 0.173. The molecule has 0 radical (unpaired) electrons. The molecule has 0 aliphatic rings. The van der Waals surface area contributed by atoms with Gasteiger partial charge in [0.1, 0.15) is 22.9 Å². The lowest BCUT2D eigenvalue weighted by atomic mass is 10.0. The second kappa shape index (κ2) is 10.8. The first-order valence-corrected chi connectivity index (χ1v) is 10.8. The van der Waals surface area contributed by atoms with Crippen molar-refractivity contribution >= 4 is 11.8 Å². The van der Waals surface area contributed by atoms with Gasteiger partial charge in [-0.15, -0.1) is 0 Å². The Hall–Kier alpha value is -3.15. The van der Waals surface area contributed by atoms with E-state index in [0.29, 0.717) is 22.9 Å². The number of benzene rings is 3. The summed E-state index contributed by atoms with van der Waals surface area (Å²) in [6, 6.07) is 13.6. The van der Waals surface area contributed by atoms with Crippen LogP contribution >= 0.6 is 11.8 Å². The molecule has 3 aromatic rings. The smallest absolute Gasteiger partial charge is 0.139 e. The normalized spacial score (nSPS) is 10.3. The van der Waals surface area contributed by atoms with E-state index in [1.165, 1.54) is 30.3 Å². The molecule has 5 heteroatoms. The van der Waals surface area contributed by atoms with Crippen LogP contribution in [0.4, 0.5) is 13.2 Å². The highest BCUT2D eigenvalue weighted by Crippen LogP contribution is 2.29. The number of hydrogen-bond donors (Lipinski definition) is 0. The number of hydrogen-bond acceptors (Lipinski definition) is 2. The number of halogens is 3. The molecule has 31 heavy (non-hydrogen) atoms. The molecule has 0 atom stereocenters. The van der Waals surface area contributed by atoms with Gasteiger partial charge in [-0.05, 0) is 72.1 Å². The van der Waals surface area contributed by atoms with Crippen LogP contribution in [0.25, 0.3) is 11.1 Å². The van der Waals surface area contributed by atoms with Crippen molar-refractivity contribution in [3.05, 3.63) is 88.7 Å². The number of aryl methyl sites for hydroxylation is 1. The van der Waals surface area contributed by atoms with E-state index < -0.39 is 11.6 Å². The lowest BCUT2D eigenvalue weighted by Gasteiger charge is -2.06. The van der Waals surface area contributed by atoms with Gasteiger partial charge in [0, 0.05) is 11.1 Å². The van der Waals surface area contributed by atoms with Crippen LogP contribution in [0.3, 0.4) is 0 Å². The van der Waals surface area contributed by atoms with Crippen LogP contribution in [0, 0.1) is 40.0 Å². The molecule has 3 aromatic carbocycles. The standard InChI is InChI=1S/C26H20F3NS/c1-2-3-4-5-18-6-9-20(23(27)14-18)10-7-19-8-12-22(24(28)15-19)21-11-13-26(31-17-30)25(29)16-21/h6,8-9,11-16H,2-5H2,1H3. The van der Waals surface area contributed by atoms with Crippen molar-refractivity contribution in [3.63, 3.8) is 0 Å². The average Bonchev–Trinajstić information content (AvgIpc) is 2.75. The first-order valence-electron chi connectivity index (χ1n) is 9.97. The highest BCUT2D eigenvalue weighted by molar-refractivity contribution is 8.03. The molecule has 0 fully saturated rings. The summed E-state index contributed by atoms with van der Waals surface area (Å²) >= 11 is 0.711. The summed E-state index contributed by atoms with van der Waals surface area (Å²) in [4.78, 5) is 0.188. The molecule has 0 saturated carbocycles. The zero-order valence-electron chi connectivity index (χ0n) is 17.0. The van der Waals surface area contributed by atoms with Gasteiger partial charge in [0.2, 0.25) is 0 Å². The highest BCUT2D eigenvalue weighted by Gasteiger charge is 2.10. The maximum absolute atomic E-state index is 14.6. The summed E-state index contributed by atoms with van der Waals surface area (Å²) < 4.78 is 43.0. The minimum Gasteiger partial charge on any atom is -0.206 e. The molecule has 0 amide bonds. The molecule has 0 spiro atoms. The Kier molecular flexibility index (Phi) is 7.82.